The Kier molecular flexibility index (Phi) is 7.33. The van der Waals surface area contributed by atoms with Gasteiger partial charge in [0.1, 0.15) is 5.82 Å². The van der Waals surface area contributed by atoms with E-state index in [4.69, 9.17) is 0 Å². The van der Waals surface area contributed by atoms with E-state index in [1.54, 1.807) is 19.3 Å². The van der Waals surface area contributed by atoms with Gasteiger partial charge in [0.2, 0.25) is 0 Å². The fraction of sp³-hybridized carbons (Fsp3) is 0.500. The molecule has 172 valence electrons. The molecule has 2 amide bonds. The van der Waals surface area contributed by atoms with E-state index in [2.05, 4.69) is 53.2 Å². The predicted molar refractivity (Wildman–Crippen MR) is 126 cm³/mol. The van der Waals surface area contributed by atoms with E-state index >= 15 is 0 Å². The first-order chi connectivity index (χ1) is 15.1. The fourth-order valence-corrected chi connectivity index (χ4v) is 3.89. The van der Waals surface area contributed by atoms with Crippen molar-refractivity contribution in [2.24, 2.45) is 17.8 Å². The van der Waals surface area contributed by atoms with Crippen molar-refractivity contribution >= 4 is 29.1 Å². The molecule has 8 heteroatoms. The molecule has 1 aliphatic rings. The minimum atomic E-state index is -0.771. The smallest absolute Gasteiger partial charge is 0.323 e. The van der Waals surface area contributed by atoms with E-state index in [1.165, 1.54) is 0 Å². The van der Waals surface area contributed by atoms with Gasteiger partial charge in [-0.05, 0) is 48.8 Å². The van der Waals surface area contributed by atoms with Crippen molar-refractivity contribution in [3.8, 4) is 0 Å². The van der Waals surface area contributed by atoms with Gasteiger partial charge in [0.05, 0.1) is 35.4 Å². The molecule has 1 fully saturated rings. The zero-order chi connectivity index (χ0) is 23.4. The zero-order valence-corrected chi connectivity index (χ0v) is 19.4. The van der Waals surface area contributed by atoms with Crippen LogP contribution in [0.2, 0.25) is 0 Å². The number of benzene rings is 1. The molecule has 3 rings (SSSR count). The van der Waals surface area contributed by atoms with Crippen molar-refractivity contribution in [3.63, 3.8) is 0 Å². The first-order valence-electron chi connectivity index (χ1n) is 11.1. The van der Waals surface area contributed by atoms with Gasteiger partial charge in [-0.3, -0.25) is 4.79 Å². The normalized spacial score (nSPS) is 17.3. The van der Waals surface area contributed by atoms with Crippen molar-refractivity contribution in [1.29, 1.82) is 0 Å². The largest absolute Gasteiger partial charge is 0.481 e. The number of aryl methyl sites for hydroxylation is 1. The molecule has 1 heterocycles. The standard InChI is InChI=1S/C24H33N5O3/c1-14(2)12-29(13-15(3)4)22-7-6-17(19-9-20(19)23(30)31)8-21(22)28-24(32)27-18-10-25-16(5)26-11-18/h6-8,10-11,14-15,19-20H,9,12-13H2,1-5H3,(H,30,31)(H2,27,28,32)/t19-,20-/m0/s1. The zero-order valence-electron chi connectivity index (χ0n) is 19.4. The highest BCUT2D eigenvalue weighted by atomic mass is 16.4. The second-order valence-corrected chi connectivity index (χ2v) is 9.35. The molecule has 3 N–H and O–H groups in total. The highest BCUT2D eigenvalue weighted by Gasteiger charge is 2.44. The van der Waals surface area contributed by atoms with Crippen LogP contribution in [0.3, 0.4) is 0 Å². The Bertz CT molecular complexity index is 949. The summed E-state index contributed by atoms with van der Waals surface area (Å²) in [6.45, 7) is 12.1. The van der Waals surface area contributed by atoms with E-state index in [0.717, 1.165) is 24.3 Å². The minimum absolute atomic E-state index is 0.0145. The second kappa shape index (κ2) is 9.97. The number of nitrogens with one attached hydrogen (secondary N) is 2. The number of carbonyl (C=O) groups excluding carboxylic acids is 1. The second-order valence-electron chi connectivity index (χ2n) is 9.35. The molecular weight excluding hydrogens is 406 g/mol. The number of hydrogen-bond donors (Lipinski definition) is 3. The van der Waals surface area contributed by atoms with Gasteiger partial charge >= 0.3 is 12.0 Å². The van der Waals surface area contributed by atoms with Gasteiger partial charge in [0.25, 0.3) is 0 Å². The summed E-state index contributed by atoms with van der Waals surface area (Å²) in [7, 11) is 0. The van der Waals surface area contributed by atoms with Gasteiger partial charge < -0.3 is 20.6 Å². The maximum Gasteiger partial charge on any atom is 0.323 e. The summed E-state index contributed by atoms with van der Waals surface area (Å²) >= 11 is 0. The Morgan fingerprint density at radius 1 is 1.09 bits per heavy atom. The third-order valence-electron chi connectivity index (χ3n) is 5.36. The molecule has 32 heavy (non-hydrogen) atoms. The van der Waals surface area contributed by atoms with Crippen molar-refractivity contribution in [3.05, 3.63) is 42.0 Å². The lowest BCUT2D eigenvalue weighted by atomic mass is 10.0. The number of aromatic nitrogens is 2. The summed E-state index contributed by atoms with van der Waals surface area (Å²) in [5.41, 5.74) is 3.04. The van der Waals surface area contributed by atoms with Crippen LogP contribution < -0.4 is 15.5 Å². The lowest BCUT2D eigenvalue weighted by Crippen LogP contribution is -2.32. The van der Waals surface area contributed by atoms with Crippen LogP contribution >= 0.6 is 0 Å². The molecule has 2 atom stereocenters. The highest BCUT2D eigenvalue weighted by Crippen LogP contribution is 2.49. The topological polar surface area (TPSA) is 107 Å². The minimum Gasteiger partial charge on any atom is -0.481 e. The van der Waals surface area contributed by atoms with Crippen LogP contribution in [0.15, 0.2) is 30.6 Å². The summed E-state index contributed by atoms with van der Waals surface area (Å²) in [4.78, 5) is 34.6. The predicted octanol–water partition coefficient (Wildman–Crippen LogP) is 4.74. The molecular formula is C24H33N5O3. The Morgan fingerprint density at radius 3 is 2.25 bits per heavy atom. The summed E-state index contributed by atoms with van der Waals surface area (Å²) in [5, 5.41) is 15.1. The van der Waals surface area contributed by atoms with E-state index in [1.807, 2.05) is 18.2 Å². The van der Waals surface area contributed by atoms with Gasteiger partial charge in [0, 0.05) is 13.1 Å². The Hall–Kier alpha value is -3.16. The van der Waals surface area contributed by atoms with Crippen LogP contribution in [0.5, 0.6) is 0 Å². The molecule has 8 nitrogen and oxygen atoms in total. The lowest BCUT2D eigenvalue weighted by molar-refractivity contribution is -0.138. The number of urea groups is 1. The number of anilines is 3. The molecule has 1 saturated carbocycles. The van der Waals surface area contributed by atoms with Crippen molar-refractivity contribution in [2.75, 3.05) is 28.6 Å². The third-order valence-corrected chi connectivity index (χ3v) is 5.36. The van der Waals surface area contributed by atoms with E-state index in [-0.39, 0.29) is 11.8 Å². The number of rotatable bonds is 9. The molecule has 1 aromatic carbocycles. The molecule has 0 saturated heterocycles. The fourth-order valence-electron chi connectivity index (χ4n) is 3.89. The molecule has 0 unspecified atom stereocenters. The van der Waals surface area contributed by atoms with Crippen LogP contribution in [-0.2, 0) is 4.79 Å². The number of aliphatic carboxylic acids is 1. The van der Waals surface area contributed by atoms with Crippen molar-refractivity contribution < 1.29 is 14.7 Å². The SMILES string of the molecule is Cc1ncc(NC(=O)Nc2cc([C@@H]3C[C@@H]3C(=O)O)ccc2N(CC(C)C)CC(C)C)cn1. The number of carboxylic acid groups (broad SMARTS) is 1. The molecule has 0 bridgehead atoms. The van der Waals surface area contributed by atoms with E-state index in [9.17, 15) is 14.7 Å². The number of hydrogen-bond acceptors (Lipinski definition) is 5. The maximum absolute atomic E-state index is 12.8. The average Bonchev–Trinajstić information content (AvgIpc) is 3.50. The summed E-state index contributed by atoms with van der Waals surface area (Å²) < 4.78 is 0. The van der Waals surface area contributed by atoms with Crippen LogP contribution in [-0.4, -0.2) is 40.2 Å². The van der Waals surface area contributed by atoms with Gasteiger partial charge in [0.15, 0.2) is 0 Å². The van der Waals surface area contributed by atoms with Crippen LogP contribution in [0, 0.1) is 24.7 Å². The summed E-state index contributed by atoms with van der Waals surface area (Å²) in [5.74, 6) is 0.376. The van der Waals surface area contributed by atoms with Gasteiger partial charge in [-0.1, -0.05) is 33.8 Å². The lowest BCUT2D eigenvalue weighted by Gasteiger charge is -2.30. The Labute approximate surface area is 189 Å². The molecule has 0 radical (unpaired) electrons. The monoisotopic (exact) mass is 439 g/mol. The molecule has 0 spiro atoms. The summed E-state index contributed by atoms with van der Waals surface area (Å²) in [6.07, 6.45) is 3.75. The molecule has 2 aromatic rings. The Balaban J connectivity index is 1.88. The van der Waals surface area contributed by atoms with Crippen molar-refractivity contribution in [1.82, 2.24) is 9.97 Å². The van der Waals surface area contributed by atoms with E-state index < -0.39 is 12.0 Å². The van der Waals surface area contributed by atoms with E-state index in [0.29, 0.717) is 35.5 Å². The number of nitrogens with zero attached hydrogens (tertiary/aromatic N) is 3. The average molecular weight is 440 g/mol. The van der Waals surface area contributed by atoms with Gasteiger partial charge in [-0.15, -0.1) is 0 Å². The quantitative estimate of drug-likeness (QED) is 0.521. The molecule has 1 aromatic heterocycles. The molecule has 1 aliphatic carbocycles. The van der Waals surface area contributed by atoms with Crippen molar-refractivity contribution in [2.45, 2.75) is 47.0 Å². The maximum atomic E-state index is 12.8. The van der Waals surface area contributed by atoms with Crippen LogP contribution in [0.25, 0.3) is 0 Å². The van der Waals surface area contributed by atoms with Crippen LogP contribution in [0.4, 0.5) is 21.9 Å². The summed E-state index contributed by atoms with van der Waals surface area (Å²) in [6, 6.07) is 5.52. The third kappa shape index (κ3) is 6.18. The first kappa shape index (κ1) is 23.5. The first-order valence-corrected chi connectivity index (χ1v) is 11.1. The van der Waals surface area contributed by atoms with Crippen LogP contribution in [0.1, 0.15) is 51.4 Å². The molecule has 0 aliphatic heterocycles. The number of amides is 2. The Morgan fingerprint density at radius 2 is 1.72 bits per heavy atom. The number of carbonyl (C=O) groups is 2. The van der Waals surface area contributed by atoms with Gasteiger partial charge in [-0.25, -0.2) is 14.8 Å². The van der Waals surface area contributed by atoms with Gasteiger partial charge in [-0.2, -0.15) is 0 Å². The number of carboxylic acids is 1. The highest BCUT2D eigenvalue weighted by molar-refractivity contribution is 6.01.